The van der Waals surface area contributed by atoms with Gasteiger partial charge in [0.1, 0.15) is 0 Å². The zero-order valence-electron chi connectivity index (χ0n) is 11.2. The number of carbonyl (C=O) groups is 1. The molecule has 0 amide bonds. The van der Waals surface area contributed by atoms with Crippen molar-refractivity contribution in [2.45, 2.75) is 39.2 Å². The van der Waals surface area contributed by atoms with Gasteiger partial charge in [0.25, 0.3) is 10.2 Å². The Morgan fingerprint density at radius 3 is 2.44 bits per heavy atom. The average molecular weight is 278 g/mol. The van der Waals surface area contributed by atoms with Crippen LogP contribution in [0.2, 0.25) is 0 Å². The third kappa shape index (κ3) is 3.93. The van der Waals surface area contributed by atoms with Gasteiger partial charge in [-0.2, -0.15) is 17.4 Å². The lowest BCUT2D eigenvalue weighted by Crippen LogP contribution is -2.48. The van der Waals surface area contributed by atoms with Crippen LogP contribution in [-0.4, -0.2) is 44.9 Å². The maximum Gasteiger partial charge on any atom is 0.308 e. The van der Waals surface area contributed by atoms with Gasteiger partial charge in [0.05, 0.1) is 13.0 Å². The fourth-order valence-electron chi connectivity index (χ4n) is 1.91. The van der Waals surface area contributed by atoms with Crippen LogP contribution >= 0.6 is 0 Å². The first-order valence-corrected chi connectivity index (χ1v) is 7.70. The molecule has 1 unspecified atom stereocenters. The van der Waals surface area contributed by atoms with Crippen LogP contribution in [0, 0.1) is 5.92 Å². The first-order chi connectivity index (χ1) is 8.40. The Kier molecular flexibility index (Phi) is 5.55. The van der Waals surface area contributed by atoms with Crippen molar-refractivity contribution < 1.29 is 17.9 Å². The molecule has 0 aromatic heterocycles. The molecule has 0 spiro atoms. The summed E-state index contributed by atoms with van der Waals surface area (Å²) in [5.41, 5.74) is 0. The number of nitrogens with one attached hydrogen (secondary N) is 1. The van der Waals surface area contributed by atoms with Gasteiger partial charge in [-0.25, -0.2) is 0 Å². The zero-order chi connectivity index (χ0) is 13.8. The molecule has 0 aromatic rings. The Hall–Kier alpha value is -0.660. The highest BCUT2D eigenvalue weighted by Crippen LogP contribution is 2.20. The van der Waals surface area contributed by atoms with Crippen LogP contribution in [0.15, 0.2) is 0 Å². The zero-order valence-corrected chi connectivity index (χ0v) is 12.0. The van der Waals surface area contributed by atoms with E-state index in [9.17, 15) is 13.2 Å². The van der Waals surface area contributed by atoms with Gasteiger partial charge in [-0.05, 0) is 26.2 Å². The van der Waals surface area contributed by atoms with Crippen LogP contribution < -0.4 is 4.72 Å². The van der Waals surface area contributed by atoms with Crippen molar-refractivity contribution in [2.75, 3.05) is 20.2 Å². The van der Waals surface area contributed by atoms with E-state index in [1.165, 1.54) is 11.4 Å². The van der Waals surface area contributed by atoms with Gasteiger partial charge in [0, 0.05) is 19.1 Å². The second-order valence-corrected chi connectivity index (χ2v) is 6.33. The number of methoxy groups -OCH3 is 1. The van der Waals surface area contributed by atoms with Gasteiger partial charge in [-0.3, -0.25) is 4.79 Å². The Balaban J connectivity index is 2.54. The van der Waals surface area contributed by atoms with Crippen LogP contribution in [0.5, 0.6) is 0 Å². The van der Waals surface area contributed by atoms with Gasteiger partial charge >= 0.3 is 5.97 Å². The molecule has 1 fully saturated rings. The third-order valence-electron chi connectivity index (χ3n) is 3.29. The molecule has 1 aliphatic heterocycles. The van der Waals surface area contributed by atoms with E-state index in [1.54, 1.807) is 0 Å². The minimum absolute atomic E-state index is 0.0756. The van der Waals surface area contributed by atoms with Crippen molar-refractivity contribution in [1.29, 1.82) is 0 Å². The maximum atomic E-state index is 12.0. The second kappa shape index (κ2) is 6.49. The monoisotopic (exact) mass is 278 g/mol. The number of nitrogens with zero attached hydrogens (tertiary/aromatic N) is 1. The number of carbonyl (C=O) groups excluding carboxylic acids is 1. The van der Waals surface area contributed by atoms with E-state index in [0.29, 0.717) is 25.9 Å². The predicted molar refractivity (Wildman–Crippen MR) is 68.1 cm³/mol. The van der Waals surface area contributed by atoms with Gasteiger partial charge in [0.2, 0.25) is 0 Å². The molecule has 1 N–H and O–H groups in total. The molecule has 7 heteroatoms. The number of rotatable bonds is 5. The number of hydrogen-bond donors (Lipinski definition) is 1. The largest absolute Gasteiger partial charge is 0.469 e. The highest BCUT2D eigenvalue weighted by atomic mass is 32.2. The van der Waals surface area contributed by atoms with Crippen LogP contribution in [0.25, 0.3) is 0 Å². The molecule has 1 rings (SSSR count). The smallest absolute Gasteiger partial charge is 0.308 e. The summed E-state index contributed by atoms with van der Waals surface area (Å²) in [7, 11) is -2.06. The third-order valence-corrected chi connectivity index (χ3v) is 5.04. The second-order valence-electron chi connectivity index (χ2n) is 4.63. The van der Waals surface area contributed by atoms with E-state index in [4.69, 9.17) is 0 Å². The summed E-state index contributed by atoms with van der Waals surface area (Å²) in [6.45, 7) is 4.49. The van der Waals surface area contributed by atoms with Crippen LogP contribution in [0.4, 0.5) is 0 Å². The SMILES string of the molecule is CCC(C)NS(=O)(=O)N1CCC(C(=O)OC)CC1. The Labute approximate surface area is 109 Å². The molecular weight excluding hydrogens is 256 g/mol. The van der Waals surface area contributed by atoms with E-state index in [-0.39, 0.29) is 17.9 Å². The number of esters is 1. The lowest BCUT2D eigenvalue weighted by atomic mass is 9.99. The number of ether oxygens (including phenoxy) is 1. The molecule has 1 heterocycles. The molecular formula is C11H22N2O4S. The summed E-state index contributed by atoms with van der Waals surface area (Å²) < 4.78 is 32.7. The summed E-state index contributed by atoms with van der Waals surface area (Å²) in [4.78, 5) is 11.3. The molecule has 1 atom stereocenters. The van der Waals surface area contributed by atoms with Crippen LogP contribution in [0.3, 0.4) is 0 Å². The summed E-state index contributed by atoms with van der Waals surface area (Å²) in [5, 5.41) is 0. The van der Waals surface area contributed by atoms with Crippen molar-refractivity contribution in [3.05, 3.63) is 0 Å². The quantitative estimate of drug-likeness (QED) is 0.743. The molecule has 1 saturated heterocycles. The predicted octanol–water partition coefficient (Wildman–Crippen LogP) is 0.504. The van der Waals surface area contributed by atoms with Gasteiger partial charge in [-0.15, -0.1) is 0 Å². The average Bonchev–Trinajstić information content (AvgIpc) is 2.37. The molecule has 0 saturated carbocycles. The van der Waals surface area contributed by atoms with E-state index >= 15 is 0 Å². The molecule has 1 aliphatic rings. The summed E-state index contributed by atoms with van der Waals surface area (Å²) in [6, 6.07) is -0.0756. The molecule has 0 aromatic carbocycles. The number of piperidine rings is 1. The van der Waals surface area contributed by atoms with Crippen molar-refractivity contribution in [3.8, 4) is 0 Å². The normalized spacial score (nSPS) is 20.6. The molecule has 0 aliphatic carbocycles. The first-order valence-electron chi connectivity index (χ1n) is 6.26. The highest BCUT2D eigenvalue weighted by molar-refractivity contribution is 7.87. The first kappa shape index (κ1) is 15.4. The summed E-state index contributed by atoms with van der Waals surface area (Å²) in [6.07, 6.45) is 1.79. The minimum Gasteiger partial charge on any atom is -0.469 e. The minimum atomic E-state index is -3.42. The number of hydrogen-bond acceptors (Lipinski definition) is 4. The molecule has 106 valence electrons. The molecule has 0 radical (unpaired) electrons. The topological polar surface area (TPSA) is 75.7 Å². The van der Waals surface area contributed by atoms with Crippen molar-refractivity contribution in [2.24, 2.45) is 5.92 Å². The van der Waals surface area contributed by atoms with Crippen molar-refractivity contribution >= 4 is 16.2 Å². The van der Waals surface area contributed by atoms with Gasteiger partial charge < -0.3 is 4.74 Å². The lowest BCUT2D eigenvalue weighted by molar-refractivity contribution is -0.146. The lowest BCUT2D eigenvalue weighted by Gasteiger charge is -2.30. The Morgan fingerprint density at radius 1 is 1.44 bits per heavy atom. The standard InChI is InChI=1S/C11H22N2O4S/c1-4-9(2)12-18(15,16)13-7-5-10(6-8-13)11(14)17-3/h9-10,12H,4-8H2,1-3H3. The van der Waals surface area contributed by atoms with Gasteiger partial charge in [0.15, 0.2) is 0 Å². The summed E-state index contributed by atoms with van der Waals surface area (Å²) >= 11 is 0. The van der Waals surface area contributed by atoms with E-state index in [1.807, 2.05) is 13.8 Å². The van der Waals surface area contributed by atoms with Crippen LogP contribution in [-0.2, 0) is 19.7 Å². The fourth-order valence-corrected chi connectivity index (χ4v) is 3.43. The Bertz CT molecular complexity index is 375. The Morgan fingerprint density at radius 2 is 2.00 bits per heavy atom. The van der Waals surface area contributed by atoms with E-state index in [0.717, 1.165) is 6.42 Å². The highest BCUT2D eigenvalue weighted by Gasteiger charge is 2.31. The van der Waals surface area contributed by atoms with E-state index in [2.05, 4.69) is 9.46 Å². The molecule has 6 nitrogen and oxygen atoms in total. The van der Waals surface area contributed by atoms with Crippen molar-refractivity contribution in [1.82, 2.24) is 9.03 Å². The van der Waals surface area contributed by atoms with Crippen molar-refractivity contribution in [3.63, 3.8) is 0 Å². The summed E-state index contributed by atoms with van der Waals surface area (Å²) in [5.74, 6) is -0.424. The molecule has 0 bridgehead atoms. The van der Waals surface area contributed by atoms with Crippen LogP contribution in [0.1, 0.15) is 33.1 Å². The molecule has 18 heavy (non-hydrogen) atoms. The fraction of sp³-hybridized carbons (Fsp3) is 0.909. The van der Waals surface area contributed by atoms with E-state index < -0.39 is 10.2 Å². The van der Waals surface area contributed by atoms with Gasteiger partial charge in [-0.1, -0.05) is 6.92 Å². The maximum absolute atomic E-state index is 12.0.